The van der Waals surface area contributed by atoms with Crippen molar-refractivity contribution in [3.05, 3.63) is 34.4 Å². The van der Waals surface area contributed by atoms with Crippen LogP contribution in [0.5, 0.6) is 0 Å². The Kier molecular flexibility index (Phi) is 5.70. The van der Waals surface area contributed by atoms with Crippen LogP contribution < -0.4 is 5.32 Å². The summed E-state index contributed by atoms with van der Waals surface area (Å²) in [5, 5.41) is 3.59. The minimum atomic E-state index is 0.821. The van der Waals surface area contributed by atoms with Crippen molar-refractivity contribution in [1.29, 1.82) is 0 Å². The van der Waals surface area contributed by atoms with Crippen molar-refractivity contribution >= 4 is 0 Å². The Bertz CT molecular complexity index is 351. The fourth-order valence-electron chi connectivity index (χ4n) is 2.20. The standard InChI is InChI=1S/C16H27N/c1-6-15(7-2)10-17-11-16-9-13(4)12(3)8-14(16)5/h8-9,15,17H,6-7,10-11H2,1-5H3. The Morgan fingerprint density at radius 2 is 1.53 bits per heavy atom. The van der Waals surface area contributed by atoms with E-state index in [0.29, 0.717) is 0 Å². The monoisotopic (exact) mass is 233 g/mol. The smallest absolute Gasteiger partial charge is 0.0208 e. The molecule has 1 N–H and O–H groups in total. The highest BCUT2D eigenvalue weighted by atomic mass is 14.9. The van der Waals surface area contributed by atoms with E-state index in [9.17, 15) is 0 Å². The summed E-state index contributed by atoms with van der Waals surface area (Å²) >= 11 is 0. The lowest BCUT2D eigenvalue weighted by atomic mass is 10.00. The summed E-state index contributed by atoms with van der Waals surface area (Å²) < 4.78 is 0. The largest absolute Gasteiger partial charge is 0.312 e. The fourth-order valence-corrected chi connectivity index (χ4v) is 2.20. The van der Waals surface area contributed by atoms with Gasteiger partial charge < -0.3 is 5.32 Å². The third-order valence-corrected chi connectivity index (χ3v) is 3.86. The first kappa shape index (κ1) is 14.2. The van der Waals surface area contributed by atoms with Crippen LogP contribution in [0.4, 0.5) is 0 Å². The molecular formula is C16H27N. The van der Waals surface area contributed by atoms with Gasteiger partial charge in [0.25, 0.3) is 0 Å². The predicted octanol–water partition coefficient (Wildman–Crippen LogP) is 4.14. The quantitative estimate of drug-likeness (QED) is 0.778. The summed E-state index contributed by atoms with van der Waals surface area (Å²) in [6.07, 6.45) is 2.55. The molecule has 0 fully saturated rings. The lowest BCUT2D eigenvalue weighted by Gasteiger charge is -2.15. The Hall–Kier alpha value is -0.820. The first-order valence-electron chi connectivity index (χ1n) is 6.85. The van der Waals surface area contributed by atoms with Gasteiger partial charge in [-0.15, -0.1) is 0 Å². The van der Waals surface area contributed by atoms with Crippen LogP contribution in [0.1, 0.15) is 48.9 Å². The summed E-state index contributed by atoms with van der Waals surface area (Å²) in [4.78, 5) is 0. The Labute approximate surface area is 107 Å². The molecule has 1 rings (SSSR count). The molecule has 0 aromatic heterocycles. The molecule has 0 bridgehead atoms. The second-order valence-electron chi connectivity index (χ2n) is 5.18. The molecule has 1 aromatic rings. The average molecular weight is 233 g/mol. The van der Waals surface area contributed by atoms with Crippen LogP contribution in [0.2, 0.25) is 0 Å². The summed E-state index contributed by atoms with van der Waals surface area (Å²) in [5.41, 5.74) is 5.64. The maximum absolute atomic E-state index is 3.59. The number of aryl methyl sites for hydroxylation is 3. The molecule has 1 heteroatoms. The molecule has 0 heterocycles. The van der Waals surface area contributed by atoms with Gasteiger partial charge in [0.15, 0.2) is 0 Å². The molecule has 96 valence electrons. The van der Waals surface area contributed by atoms with Crippen LogP contribution in [-0.4, -0.2) is 6.54 Å². The van der Waals surface area contributed by atoms with E-state index < -0.39 is 0 Å². The highest BCUT2D eigenvalue weighted by Gasteiger charge is 2.04. The van der Waals surface area contributed by atoms with Crippen molar-refractivity contribution in [2.75, 3.05) is 6.54 Å². The second kappa shape index (κ2) is 6.80. The van der Waals surface area contributed by atoms with E-state index in [1.54, 1.807) is 0 Å². The van der Waals surface area contributed by atoms with Gasteiger partial charge in [0.05, 0.1) is 0 Å². The SMILES string of the molecule is CCC(CC)CNCc1cc(C)c(C)cc1C. The van der Waals surface area contributed by atoms with E-state index in [1.165, 1.54) is 35.1 Å². The van der Waals surface area contributed by atoms with Crippen molar-refractivity contribution in [1.82, 2.24) is 5.32 Å². The van der Waals surface area contributed by atoms with Gasteiger partial charge >= 0.3 is 0 Å². The van der Waals surface area contributed by atoms with Crippen LogP contribution in [0.25, 0.3) is 0 Å². The zero-order chi connectivity index (χ0) is 12.8. The molecule has 0 unspecified atom stereocenters. The normalized spacial score (nSPS) is 11.2. The summed E-state index contributed by atoms with van der Waals surface area (Å²) in [6, 6.07) is 4.62. The number of nitrogens with one attached hydrogen (secondary N) is 1. The molecule has 0 amide bonds. The second-order valence-corrected chi connectivity index (χ2v) is 5.18. The minimum Gasteiger partial charge on any atom is -0.312 e. The number of hydrogen-bond acceptors (Lipinski definition) is 1. The molecule has 0 aliphatic carbocycles. The average Bonchev–Trinajstić information content (AvgIpc) is 2.31. The lowest BCUT2D eigenvalue weighted by Crippen LogP contribution is -2.22. The molecule has 0 aliphatic heterocycles. The number of rotatable bonds is 6. The van der Waals surface area contributed by atoms with E-state index in [1.807, 2.05) is 0 Å². The summed E-state index contributed by atoms with van der Waals surface area (Å²) in [7, 11) is 0. The van der Waals surface area contributed by atoms with Crippen LogP contribution in [0.3, 0.4) is 0 Å². The highest BCUT2D eigenvalue weighted by Crippen LogP contribution is 2.15. The molecule has 0 saturated carbocycles. The molecule has 0 atom stereocenters. The van der Waals surface area contributed by atoms with E-state index in [2.05, 4.69) is 52.1 Å². The highest BCUT2D eigenvalue weighted by molar-refractivity contribution is 5.36. The third-order valence-electron chi connectivity index (χ3n) is 3.86. The Balaban J connectivity index is 2.55. The van der Waals surface area contributed by atoms with Crippen LogP contribution in [0, 0.1) is 26.7 Å². The molecule has 0 aliphatic rings. The van der Waals surface area contributed by atoms with Crippen LogP contribution >= 0.6 is 0 Å². The maximum atomic E-state index is 3.59. The van der Waals surface area contributed by atoms with E-state index in [4.69, 9.17) is 0 Å². The summed E-state index contributed by atoms with van der Waals surface area (Å²) in [6.45, 7) is 13.3. The number of benzene rings is 1. The van der Waals surface area contributed by atoms with Crippen molar-refractivity contribution in [2.45, 2.75) is 54.0 Å². The first-order chi connectivity index (χ1) is 8.08. The van der Waals surface area contributed by atoms with E-state index >= 15 is 0 Å². The Morgan fingerprint density at radius 1 is 0.941 bits per heavy atom. The van der Waals surface area contributed by atoms with Gasteiger partial charge in [-0.3, -0.25) is 0 Å². The molecule has 0 radical (unpaired) electrons. The van der Waals surface area contributed by atoms with Gasteiger partial charge in [-0.25, -0.2) is 0 Å². The zero-order valence-electron chi connectivity index (χ0n) is 12.1. The van der Waals surface area contributed by atoms with Crippen molar-refractivity contribution < 1.29 is 0 Å². The fraction of sp³-hybridized carbons (Fsp3) is 0.625. The summed E-state index contributed by atoms with van der Waals surface area (Å²) in [5.74, 6) is 0.821. The minimum absolute atomic E-state index is 0.821. The maximum Gasteiger partial charge on any atom is 0.0208 e. The van der Waals surface area contributed by atoms with Gasteiger partial charge in [-0.2, -0.15) is 0 Å². The van der Waals surface area contributed by atoms with E-state index in [0.717, 1.165) is 19.0 Å². The van der Waals surface area contributed by atoms with Gasteiger partial charge in [0.2, 0.25) is 0 Å². The zero-order valence-corrected chi connectivity index (χ0v) is 12.1. The molecule has 1 aromatic carbocycles. The molecule has 0 spiro atoms. The predicted molar refractivity (Wildman–Crippen MR) is 76.4 cm³/mol. The molecule has 1 nitrogen and oxygen atoms in total. The van der Waals surface area contributed by atoms with Gasteiger partial charge in [-0.05, 0) is 55.5 Å². The van der Waals surface area contributed by atoms with Gasteiger partial charge in [0, 0.05) is 6.54 Å². The van der Waals surface area contributed by atoms with Gasteiger partial charge in [0.1, 0.15) is 0 Å². The van der Waals surface area contributed by atoms with Crippen LogP contribution in [0.15, 0.2) is 12.1 Å². The third kappa shape index (κ3) is 4.16. The van der Waals surface area contributed by atoms with Crippen molar-refractivity contribution in [3.63, 3.8) is 0 Å². The molecule has 17 heavy (non-hydrogen) atoms. The van der Waals surface area contributed by atoms with E-state index in [-0.39, 0.29) is 0 Å². The first-order valence-corrected chi connectivity index (χ1v) is 6.85. The molecule has 0 saturated heterocycles. The lowest BCUT2D eigenvalue weighted by molar-refractivity contribution is 0.449. The van der Waals surface area contributed by atoms with Crippen LogP contribution in [-0.2, 0) is 6.54 Å². The molecular weight excluding hydrogens is 206 g/mol. The number of hydrogen-bond donors (Lipinski definition) is 1. The van der Waals surface area contributed by atoms with Gasteiger partial charge in [-0.1, -0.05) is 38.8 Å². The van der Waals surface area contributed by atoms with Crippen molar-refractivity contribution in [3.8, 4) is 0 Å². The Morgan fingerprint density at radius 3 is 2.12 bits per heavy atom. The van der Waals surface area contributed by atoms with Crippen molar-refractivity contribution in [2.24, 2.45) is 5.92 Å². The topological polar surface area (TPSA) is 12.0 Å².